The molecule has 1 aromatic heterocycles. The monoisotopic (exact) mass is 338 g/mol. The molecule has 6 nitrogen and oxygen atoms in total. The van der Waals surface area contributed by atoms with E-state index < -0.39 is 0 Å². The van der Waals surface area contributed by atoms with Crippen molar-refractivity contribution in [2.75, 3.05) is 19.6 Å². The quantitative estimate of drug-likeness (QED) is 0.769. The van der Waals surface area contributed by atoms with Gasteiger partial charge >= 0.3 is 5.69 Å². The minimum atomic E-state index is -0.189. The minimum Gasteiger partial charge on any atom is -0.342 e. The van der Waals surface area contributed by atoms with Gasteiger partial charge in [0, 0.05) is 19.5 Å². The summed E-state index contributed by atoms with van der Waals surface area (Å²) in [7, 11) is 0. The lowest BCUT2D eigenvalue weighted by molar-refractivity contribution is -0.130. The number of nitrogens with one attached hydrogen (secondary N) is 2. The van der Waals surface area contributed by atoms with Gasteiger partial charge in [-0.05, 0) is 49.4 Å². The summed E-state index contributed by atoms with van der Waals surface area (Å²) in [5, 5.41) is 0. The van der Waals surface area contributed by atoms with E-state index >= 15 is 0 Å². The number of rotatable bonds is 5. The molecule has 1 unspecified atom stereocenters. The highest BCUT2D eigenvalue weighted by Crippen LogP contribution is 2.17. The molecule has 126 valence electrons. The summed E-state index contributed by atoms with van der Waals surface area (Å²) in [6.07, 6.45) is 3.25. The first-order valence-corrected chi connectivity index (χ1v) is 7.84. The summed E-state index contributed by atoms with van der Waals surface area (Å²) >= 11 is 0. The number of H-pyrrole nitrogens is 2. The second-order valence-electron chi connectivity index (χ2n) is 6.04. The van der Waals surface area contributed by atoms with Crippen molar-refractivity contribution >= 4 is 29.3 Å². The van der Waals surface area contributed by atoms with Gasteiger partial charge in [-0.3, -0.25) is 4.79 Å². The molecular weight excluding hydrogens is 316 g/mol. The van der Waals surface area contributed by atoms with Crippen molar-refractivity contribution in [2.45, 2.75) is 25.7 Å². The average molecular weight is 339 g/mol. The Hall–Kier alpha value is -1.79. The Morgan fingerprint density at radius 1 is 1.30 bits per heavy atom. The van der Waals surface area contributed by atoms with Gasteiger partial charge in [-0.2, -0.15) is 0 Å². The zero-order valence-electron chi connectivity index (χ0n) is 13.0. The number of aryl methyl sites for hydroxylation is 1. The molecule has 1 aliphatic rings. The van der Waals surface area contributed by atoms with Crippen molar-refractivity contribution < 1.29 is 4.79 Å². The van der Waals surface area contributed by atoms with E-state index in [2.05, 4.69) is 9.97 Å². The van der Waals surface area contributed by atoms with Gasteiger partial charge in [-0.15, -0.1) is 12.4 Å². The molecule has 7 heteroatoms. The molecule has 1 amide bonds. The lowest BCUT2D eigenvalue weighted by Gasteiger charge is -2.16. The summed E-state index contributed by atoms with van der Waals surface area (Å²) in [6.45, 7) is 2.32. The lowest BCUT2D eigenvalue weighted by Crippen LogP contribution is -2.29. The molecule has 0 aliphatic carbocycles. The Bertz CT molecular complexity index is 724. The maximum Gasteiger partial charge on any atom is 0.323 e. The van der Waals surface area contributed by atoms with Crippen LogP contribution in [-0.2, 0) is 11.2 Å². The van der Waals surface area contributed by atoms with Crippen LogP contribution in [0.1, 0.15) is 24.8 Å². The van der Waals surface area contributed by atoms with Crippen LogP contribution in [0, 0.1) is 5.92 Å². The minimum absolute atomic E-state index is 0. The summed E-state index contributed by atoms with van der Waals surface area (Å²) < 4.78 is 0. The summed E-state index contributed by atoms with van der Waals surface area (Å²) in [5.41, 5.74) is 8.23. The van der Waals surface area contributed by atoms with Gasteiger partial charge in [-0.25, -0.2) is 4.79 Å². The second-order valence-corrected chi connectivity index (χ2v) is 6.04. The molecule has 0 spiro atoms. The van der Waals surface area contributed by atoms with E-state index in [0.717, 1.165) is 48.9 Å². The van der Waals surface area contributed by atoms with E-state index in [1.165, 1.54) is 0 Å². The third-order valence-electron chi connectivity index (χ3n) is 4.41. The normalized spacial score (nSPS) is 17.4. The summed E-state index contributed by atoms with van der Waals surface area (Å²) in [6, 6.07) is 5.87. The maximum absolute atomic E-state index is 12.1. The molecule has 4 N–H and O–H groups in total. The molecule has 2 aromatic rings. The number of aromatic nitrogens is 2. The highest BCUT2D eigenvalue weighted by atomic mass is 35.5. The number of hydrogen-bond acceptors (Lipinski definition) is 3. The fraction of sp³-hybridized carbons (Fsp3) is 0.500. The topological polar surface area (TPSA) is 95.0 Å². The SMILES string of the molecule is Cl.NCC1CCN(C(=O)CCCc2ccc3[nH]c(=O)[nH]c3c2)C1. The van der Waals surface area contributed by atoms with Gasteiger partial charge in [0.2, 0.25) is 5.91 Å². The van der Waals surface area contributed by atoms with Gasteiger partial charge in [0.1, 0.15) is 0 Å². The summed E-state index contributed by atoms with van der Waals surface area (Å²) in [4.78, 5) is 30.8. The number of benzene rings is 1. The molecule has 3 rings (SSSR count). The first-order chi connectivity index (χ1) is 10.7. The Kier molecular flexibility index (Phi) is 5.85. The van der Waals surface area contributed by atoms with Crippen LogP contribution < -0.4 is 11.4 Å². The van der Waals surface area contributed by atoms with Crippen molar-refractivity contribution in [1.82, 2.24) is 14.9 Å². The number of imidazole rings is 1. The second kappa shape index (κ2) is 7.66. The molecular formula is C16H23ClN4O2. The first kappa shape index (κ1) is 17.6. The summed E-state index contributed by atoms with van der Waals surface area (Å²) in [5.74, 6) is 0.698. The Balaban J connectivity index is 0.00000192. The molecule has 1 aliphatic heterocycles. The van der Waals surface area contributed by atoms with Crippen molar-refractivity contribution in [3.63, 3.8) is 0 Å². The van der Waals surface area contributed by atoms with Gasteiger partial charge in [-0.1, -0.05) is 6.07 Å². The smallest absolute Gasteiger partial charge is 0.323 e. The predicted octanol–water partition coefficient (Wildman–Crippen LogP) is 1.41. The Morgan fingerprint density at radius 2 is 2.09 bits per heavy atom. The molecule has 1 atom stereocenters. The largest absolute Gasteiger partial charge is 0.342 e. The Labute approximate surface area is 140 Å². The zero-order valence-corrected chi connectivity index (χ0v) is 13.8. The van der Waals surface area contributed by atoms with Crippen LogP contribution in [0.5, 0.6) is 0 Å². The number of aromatic amines is 2. The molecule has 1 saturated heterocycles. The standard InChI is InChI=1S/C16H22N4O2.ClH/c17-9-12-6-7-20(10-12)15(21)3-1-2-11-4-5-13-14(8-11)19-16(22)18-13;/h4-5,8,12H,1-3,6-7,9-10,17H2,(H2,18,19,22);1H. The van der Waals surface area contributed by atoms with E-state index in [1.54, 1.807) is 0 Å². The van der Waals surface area contributed by atoms with E-state index in [4.69, 9.17) is 5.73 Å². The predicted molar refractivity (Wildman–Crippen MR) is 92.8 cm³/mol. The zero-order chi connectivity index (χ0) is 15.5. The van der Waals surface area contributed by atoms with Gasteiger partial charge in [0.15, 0.2) is 0 Å². The molecule has 2 heterocycles. The third kappa shape index (κ3) is 4.14. The van der Waals surface area contributed by atoms with E-state index in [1.807, 2.05) is 23.1 Å². The van der Waals surface area contributed by atoms with Crippen molar-refractivity contribution in [3.05, 3.63) is 34.2 Å². The number of amides is 1. The van der Waals surface area contributed by atoms with Gasteiger partial charge in [0.25, 0.3) is 0 Å². The number of carbonyl (C=O) groups is 1. The van der Waals surface area contributed by atoms with Crippen molar-refractivity contribution in [3.8, 4) is 0 Å². The fourth-order valence-electron chi connectivity index (χ4n) is 3.09. The number of fused-ring (bicyclic) bond motifs is 1. The Morgan fingerprint density at radius 3 is 2.83 bits per heavy atom. The van der Waals surface area contributed by atoms with Crippen molar-refractivity contribution in [1.29, 1.82) is 0 Å². The van der Waals surface area contributed by atoms with Crippen LogP contribution in [0.3, 0.4) is 0 Å². The number of likely N-dealkylation sites (tertiary alicyclic amines) is 1. The third-order valence-corrected chi connectivity index (χ3v) is 4.41. The number of nitrogens with two attached hydrogens (primary N) is 1. The maximum atomic E-state index is 12.1. The van der Waals surface area contributed by atoms with Gasteiger partial charge in [0.05, 0.1) is 11.0 Å². The van der Waals surface area contributed by atoms with Crippen LogP contribution in [0.4, 0.5) is 0 Å². The van der Waals surface area contributed by atoms with Crippen LogP contribution in [0.2, 0.25) is 0 Å². The molecule has 1 fully saturated rings. The highest BCUT2D eigenvalue weighted by molar-refractivity contribution is 5.85. The van der Waals surface area contributed by atoms with Crippen molar-refractivity contribution in [2.24, 2.45) is 11.7 Å². The highest BCUT2D eigenvalue weighted by Gasteiger charge is 2.24. The number of hydrogen-bond donors (Lipinski definition) is 3. The van der Waals surface area contributed by atoms with Crippen LogP contribution >= 0.6 is 12.4 Å². The van der Waals surface area contributed by atoms with Gasteiger partial charge < -0.3 is 20.6 Å². The number of carbonyl (C=O) groups excluding carboxylic acids is 1. The van der Waals surface area contributed by atoms with Crippen LogP contribution in [-0.4, -0.2) is 40.4 Å². The first-order valence-electron chi connectivity index (χ1n) is 7.84. The van der Waals surface area contributed by atoms with E-state index in [0.29, 0.717) is 18.9 Å². The molecule has 23 heavy (non-hydrogen) atoms. The van der Waals surface area contributed by atoms with E-state index in [9.17, 15) is 9.59 Å². The van der Waals surface area contributed by atoms with E-state index in [-0.39, 0.29) is 24.0 Å². The number of halogens is 1. The molecule has 1 aromatic carbocycles. The molecule has 0 bridgehead atoms. The van der Waals surface area contributed by atoms with Crippen LogP contribution in [0.25, 0.3) is 11.0 Å². The lowest BCUT2D eigenvalue weighted by atomic mass is 10.1. The average Bonchev–Trinajstić information content (AvgIpc) is 3.11. The molecule has 0 saturated carbocycles. The fourth-order valence-corrected chi connectivity index (χ4v) is 3.09. The molecule has 0 radical (unpaired) electrons. The van der Waals surface area contributed by atoms with Crippen LogP contribution in [0.15, 0.2) is 23.0 Å². The number of nitrogens with zero attached hydrogens (tertiary/aromatic N) is 1.